The third-order valence-electron chi connectivity index (χ3n) is 5.50. The van der Waals surface area contributed by atoms with Gasteiger partial charge in [0.2, 0.25) is 5.91 Å². The molecular weight excluding hydrogens is 322 g/mol. The quantitative estimate of drug-likeness (QED) is 0.807. The second kappa shape index (κ2) is 5.90. The van der Waals surface area contributed by atoms with Crippen LogP contribution in [0, 0.1) is 25.2 Å². The first-order valence-corrected chi connectivity index (χ1v) is 9.00. The Bertz CT molecular complexity index is 938. The molecule has 1 aliphatic heterocycles. The predicted molar refractivity (Wildman–Crippen MR) is 103 cm³/mol. The first-order valence-electron chi connectivity index (χ1n) is 9.00. The fourth-order valence-electron chi connectivity index (χ4n) is 3.90. The van der Waals surface area contributed by atoms with Gasteiger partial charge >= 0.3 is 0 Å². The lowest BCUT2D eigenvalue weighted by Crippen LogP contribution is -2.31. The SMILES string of the molecule is Cc1ccc(C2=CCC3C(=C2)N(c2ccnc(C)c2)C(=O)C3(C)C)cn1. The summed E-state index contributed by atoms with van der Waals surface area (Å²) in [5, 5.41) is 0. The van der Waals surface area contributed by atoms with Gasteiger partial charge in [0.1, 0.15) is 0 Å². The average Bonchev–Trinajstić information content (AvgIpc) is 2.81. The van der Waals surface area contributed by atoms with Crippen molar-refractivity contribution in [3.8, 4) is 0 Å². The summed E-state index contributed by atoms with van der Waals surface area (Å²) in [7, 11) is 0. The topological polar surface area (TPSA) is 46.1 Å². The molecule has 0 bridgehead atoms. The molecule has 4 nitrogen and oxygen atoms in total. The van der Waals surface area contributed by atoms with Gasteiger partial charge in [0.15, 0.2) is 0 Å². The van der Waals surface area contributed by atoms with Gasteiger partial charge in [-0.25, -0.2) is 0 Å². The first-order chi connectivity index (χ1) is 12.4. The van der Waals surface area contributed by atoms with Gasteiger partial charge in [-0.3, -0.25) is 19.7 Å². The maximum Gasteiger partial charge on any atom is 0.237 e. The zero-order valence-electron chi connectivity index (χ0n) is 15.7. The van der Waals surface area contributed by atoms with Crippen LogP contribution in [0.4, 0.5) is 5.69 Å². The highest BCUT2D eigenvalue weighted by Crippen LogP contribution is 2.50. The molecule has 1 unspecified atom stereocenters. The van der Waals surface area contributed by atoms with E-state index in [0.717, 1.165) is 40.3 Å². The highest BCUT2D eigenvalue weighted by atomic mass is 16.2. The Hall–Kier alpha value is -2.75. The number of carbonyl (C=O) groups is 1. The summed E-state index contributed by atoms with van der Waals surface area (Å²) < 4.78 is 0. The van der Waals surface area contributed by atoms with Crippen LogP contribution in [0.15, 0.2) is 54.5 Å². The van der Waals surface area contributed by atoms with E-state index in [4.69, 9.17) is 0 Å². The standard InChI is InChI=1S/C22H23N3O/c1-14-5-6-17(13-24-14)16-7-8-19-20(12-16)25(21(26)22(19,3)4)18-9-10-23-15(2)11-18/h5-7,9-13,19H,8H2,1-4H3. The van der Waals surface area contributed by atoms with Crippen molar-refractivity contribution >= 4 is 17.2 Å². The van der Waals surface area contributed by atoms with Crippen LogP contribution < -0.4 is 4.90 Å². The summed E-state index contributed by atoms with van der Waals surface area (Å²) in [5.74, 6) is 0.335. The molecule has 1 aliphatic carbocycles. The molecule has 0 N–H and O–H groups in total. The number of aromatic nitrogens is 2. The molecule has 0 radical (unpaired) electrons. The third-order valence-corrected chi connectivity index (χ3v) is 5.50. The Kier molecular flexibility index (Phi) is 3.79. The molecule has 1 atom stereocenters. The minimum Gasteiger partial charge on any atom is -0.284 e. The highest BCUT2D eigenvalue weighted by molar-refractivity contribution is 6.05. The Morgan fingerprint density at radius 2 is 1.92 bits per heavy atom. The van der Waals surface area contributed by atoms with E-state index < -0.39 is 5.41 Å². The van der Waals surface area contributed by atoms with Crippen LogP contribution in [0.25, 0.3) is 5.57 Å². The van der Waals surface area contributed by atoms with Crippen molar-refractivity contribution in [3.05, 3.63) is 71.5 Å². The van der Waals surface area contributed by atoms with E-state index in [1.54, 1.807) is 6.20 Å². The number of rotatable bonds is 2. The lowest BCUT2D eigenvalue weighted by Gasteiger charge is -2.26. The molecule has 2 aliphatic rings. The number of allylic oxidation sites excluding steroid dienone is 4. The molecule has 4 heteroatoms. The van der Waals surface area contributed by atoms with Crippen molar-refractivity contribution in [1.82, 2.24) is 9.97 Å². The van der Waals surface area contributed by atoms with Crippen molar-refractivity contribution in [2.24, 2.45) is 11.3 Å². The molecule has 3 heterocycles. The Morgan fingerprint density at radius 1 is 1.12 bits per heavy atom. The van der Waals surface area contributed by atoms with Gasteiger partial charge < -0.3 is 0 Å². The molecule has 2 aromatic heterocycles. The number of carbonyl (C=O) groups excluding carboxylic acids is 1. The van der Waals surface area contributed by atoms with Gasteiger partial charge in [0.05, 0.1) is 11.1 Å². The van der Waals surface area contributed by atoms with E-state index in [1.807, 2.05) is 57.0 Å². The third kappa shape index (κ3) is 2.57. The maximum absolute atomic E-state index is 13.2. The van der Waals surface area contributed by atoms with Crippen molar-refractivity contribution in [2.75, 3.05) is 4.90 Å². The van der Waals surface area contributed by atoms with Crippen LogP contribution >= 0.6 is 0 Å². The van der Waals surface area contributed by atoms with E-state index in [-0.39, 0.29) is 11.8 Å². The van der Waals surface area contributed by atoms with Crippen molar-refractivity contribution < 1.29 is 4.79 Å². The largest absolute Gasteiger partial charge is 0.284 e. The molecule has 132 valence electrons. The van der Waals surface area contributed by atoms with E-state index in [1.165, 1.54) is 0 Å². The Labute approximate surface area is 154 Å². The van der Waals surface area contributed by atoms with Crippen LogP contribution in [-0.4, -0.2) is 15.9 Å². The second-order valence-electron chi connectivity index (χ2n) is 7.72. The van der Waals surface area contributed by atoms with Gasteiger partial charge in [0.25, 0.3) is 0 Å². The number of hydrogen-bond donors (Lipinski definition) is 0. The van der Waals surface area contributed by atoms with Crippen LogP contribution in [0.3, 0.4) is 0 Å². The molecule has 2 aromatic rings. The normalized spacial score (nSPS) is 21.3. The fourth-order valence-corrected chi connectivity index (χ4v) is 3.90. The molecule has 1 fully saturated rings. The van der Waals surface area contributed by atoms with E-state index in [9.17, 15) is 4.79 Å². The number of aryl methyl sites for hydroxylation is 2. The molecule has 26 heavy (non-hydrogen) atoms. The van der Waals surface area contributed by atoms with E-state index in [0.29, 0.717) is 0 Å². The number of hydrogen-bond acceptors (Lipinski definition) is 3. The molecule has 0 saturated carbocycles. The van der Waals surface area contributed by atoms with Gasteiger partial charge in [0, 0.05) is 35.4 Å². The summed E-state index contributed by atoms with van der Waals surface area (Å²) in [6, 6.07) is 8.00. The minimum absolute atomic E-state index is 0.149. The number of fused-ring (bicyclic) bond motifs is 1. The average molecular weight is 345 g/mol. The number of anilines is 1. The predicted octanol–water partition coefficient (Wildman–Crippen LogP) is 4.45. The summed E-state index contributed by atoms with van der Waals surface area (Å²) >= 11 is 0. The number of amides is 1. The molecule has 4 rings (SSSR count). The second-order valence-corrected chi connectivity index (χ2v) is 7.72. The molecule has 0 aromatic carbocycles. The van der Waals surface area contributed by atoms with Gasteiger partial charge in [-0.15, -0.1) is 0 Å². The summed E-state index contributed by atoms with van der Waals surface area (Å²) in [6.45, 7) is 8.03. The fraction of sp³-hybridized carbons (Fsp3) is 0.318. The van der Waals surface area contributed by atoms with Gasteiger partial charge in [-0.2, -0.15) is 0 Å². The summed E-state index contributed by atoms with van der Waals surface area (Å²) in [4.78, 5) is 23.8. The van der Waals surface area contributed by atoms with Gasteiger partial charge in [-0.1, -0.05) is 26.0 Å². The van der Waals surface area contributed by atoms with Gasteiger partial charge in [-0.05, 0) is 55.7 Å². The van der Waals surface area contributed by atoms with Crippen LogP contribution in [0.2, 0.25) is 0 Å². The molecule has 0 spiro atoms. The maximum atomic E-state index is 13.2. The first kappa shape index (κ1) is 16.7. The Morgan fingerprint density at radius 3 is 2.62 bits per heavy atom. The summed E-state index contributed by atoms with van der Waals surface area (Å²) in [5.41, 5.74) is 5.68. The van der Waals surface area contributed by atoms with Crippen molar-refractivity contribution in [2.45, 2.75) is 34.1 Å². The van der Waals surface area contributed by atoms with E-state index in [2.05, 4.69) is 28.2 Å². The van der Waals surface area contributed by atoms with Crippen molar-refractivity contribution in [1.29, 1.82) is 0 Å². The lowest BCUT2D eigenvalue weighted by atomic mass is 9.75. The zero-order chi connectivity index (χ0) is 18.5. The van der Waals surface area contributed by atoms with Crippen molar-refractivity contribution in [3.63, 3.8) is 0 Å². The zero-order valence-corrected chi connectivity index (χ0v) is 15.7. The van der Waals surface area contributed by atoms with Crippen LogP contribution in [0.5, 0.6) is 0 Å². The van der Waals surface area contributed by atoms with Crippen LogP contribution in [-0.2, 0) is 4.79 Å². The molecular formula is C22H23N3O. The monoisotopic (exact) mass is 345 g/mol. The molecule has 1 amide bonds. The smallest absolute Gasteiger partial charge is 0.237 e. The van der Waals surface area contributed by atoms with E-state index >= 15 is 0 Å². The number of nitrogens with zero attached hydrogens (tertiary/aromatic N) is 3. The summed E-state index contributed by atoms with van der Waals surface area (Å²) in [6.07, 6.45) is 8.91. The highest BCUT2D eigenvalue weighted by Gasteiger charge is 2.51. The number of pyridine rings is 2. The lowest BCUT2D eigenvalue weighted by molar-refractivity contribution is -0.125. The Balaban J connectivity index is 1.81. The van der Waals surface area contributed by atoms with Crippen LogP contribution in [0.1, 0.15) is 37.2 Å². The minimum atomic E-state index is -0.420. The molecule has 1 saturated heterocycles.